The number of hydrogen-bond acceptors (Lipinski definition) is 1. The lowest BCUT2D eigenvalue weighted by Crippen LogP contribution is -2.08. The maximum absolute atomic E-state index is 3.68. The Labute approximate surface area is 200 Å². The summed E-state index contributed by atoms with van der Waals surface area (Å²) in [6.07, 6.45) is 0. The predicted octanol–water partition coefficient (Wildman–Crippen LogP) is 8.39. The molecular weight excluding hydrogens is 434 g/mol. The number of aromatic amines is 1. The molecule has 0 spiro atoms. The molecule has 0 saturated carbocycles. The Morgan fingerprint density at radius 2 is 1.06 bits per heavy atom. The van der Waals surface area contributed by atoms with Crippen LogP contribution in [0.2, 0.25) is 0 Å². The zero-order chi connectivity index (χ0) is 22.5. The summed E-state index contributed by atoms with van der Waals surface area (Å²) in [5.74, 6) is 0. The van der Waals surface area contributed by atoms with Crippen LogP contribution in [0.15, 0.2) is 121 Å². The molecule has 7 rings (SSSR count). The van der Waals surface area contributed by atoms with E-state index in [1.807, 2.05) is 11.3 Å². The minimum absolute atomic E-state index is 1.13. The van der Waals surface area contributed by atoms with E-state index in [9.17, 15) is 0 Å². The third-order valence-corrected chi connectivity index (χ3v) is 7.53. The zero-order valence-electron chi connectivity index (χ0n) is 18.3. The number of fused-ring (bicyclic) bond motifs is 5. The highest BCUT2D eigenvalue weighted by molar-refractivity contribution is 7.25. The average molecular weight is 456 g/mol. The molecule has 0 fully saturated rings. The van der Waals surface area contributed by atoms with E-state index in [1.54, 1.807) is 0 Å². The van der Waals surface area contributed by atoms with Crippen molar-refractivity contribution in [1.29, 1.82) is 0 Å². The van der Waals surface area contributed by atoms with Crippen molar-refractivity contribution in [1.82, 2.24) is 14.1 Å². The van der Waals surface area contributed by atoms with Crippen molar-refractivity contribution in [3.63, 3.8) is 0 Å². The van der Waals surface area contributed by atoms with Crippen LogP contribution in [0.5, 0.6) is 0 Å². The second-order valence-corrected chi connectivity index (χ2v) is 9.42. The fourth-order valence-electron chi connectivity index (χ4n) is 4.87. The molecule has 0 aliphatic rings. The number of benzene rings is 5. The number of aromatic nitrogens is 3. The van der Waals surface area contributed by atoms with Gasteiger partial charge in [-0.1, -0.05) is 60.7 Å². The maximum atomic E-state index is 3.68. The summed E-state index contributed by atoms with van der Waals surface area (Å²) in [5, 5.41) is 0. The highest BCUT2D eigenvalue weighted by Gasteiger charge is 2.17. The van der Waals surface area contributed by atoms with E-state index in [4.69, 9.17) is 0 Å². The van der Waals surface area contributed by atoms with Crippen molar-refractivity contribution in [2.24, 2.45) is 0 Å². The SMILES string of the molecule is c1ccc(-n2c3ccccc3n(-c3ccccc3)c3c4sc5ccccc5[nH]c4ccc32)cc1. The number of H-pyrrole nitrogens is 1. The van der Waals surface area contributed by atoms with Crippen molar-refractivity contribution in [3.05, 3.63) is 121 Å². The third kappa shape index (κ3) is 2.89. The summed E-state index contributed by atoms with van der Waals surface area (Å²) in [6.45, 7) is 0. The highest BCUT2D eigenvalue weighted by Crippen LogP contribution is 2.37. The first-order valence-corrected chi connectivity index (χ1v) is 12.2. The van der Waals surface area contributed by atoms with Gasteiger partial charge in [0.05, 0.1) is 42.5 Å². The molecule has 0 atom stereocenters. The van der Waals surface area contributed by atoms with Crippen molar-refractivity contribution >= 4 is 53.8 Å². The molecule has 0 aliphatic heterocycles. The normalized spacial score (nSPS) is 11.5. The van der Waals surface area contributed by atoms with Crippen LogP contribution < -0.4 is 0 Å². The fourth-order valence-corrected chi connectivity index (χ4v) is 5.98. The van der Waals surface area contributed by atoms with Gasteiger partial charge < -0.3 is 14.1 Å². The zero-order valence-corrected chi connectivity index (χ0v) is 19.2. The van der Waals surface area contributed by atoms with Gasteiger partial charge in [-0.2, -0.15) is 0 Å². The molecule has 2 heterocycles. The smallest absolute Gasteiger partial charge is 0.0899 e. The van der Waals surface area contributed by atoms with E-state index in [2.05, 4.69) is 135 Å². The van der Waals surface area contributed by atoms with Gasteiger partial charge in [-0.25, -0.2) is 0 Å². The number of para-hydroxylation sites is 5. The van der Waals surface area contributed by atoms with Crippen LogP contribution in [-0.4, -0.2) is 14.1 Å². The van der Waals surface area contributed by atoms with E-state index in [0.717, 1.165) is 27.9 Å². The molecule has 5 aromatic carbocycles. The minimum atomic E-state index is 1.13. The first kappa shape index (κ1) is 19.2. The van der Waals surface area contributed by atoms with Crippen molar-refractivity contribution in [2.45, 2.75) is 0 Å². The summed E-state index contributed by atoms with van der Waals surface area (Å²) < 4.78 is 7.26. The van der Waals surface area contributed by atoms with Crippen LogP contribution in [0, 0.1) is 0 Å². The minimum Gasteiger partial charge on any atom is -0.353 e. The van der Waals surface area contributed by atoms with Gasteiger partial charge >= 0.3 is 0 Å². The lowest BCUT2D eigenvalue weighted by molar-refractivity contribution is 1.09. The van der Waals surface area contributed by atoms with Crippen LogP contribution in [0.4, 0.5) is 0 Å². The molecule has 4 heteroatoms. The average Bonchev–Trinajstić information content (AvgIpc) is 2.91. The van der Waals surface area contributed by atoms with Crippen LogP contribution in [0.3, 0.4) is 0 Å². The van der Waals surface area contributed by atoms with Gasteiger partial charge in [-0.15, -0.1) is 11.3 Å². The van der Waals surface area contributed by atoms with Crippen LogP contribution in [0.25, 0.3) is 53.9 Å². The third-order valence-electron chi connectivity index (χ3n) is 6.34. The number of hydrogen-bond donors (Lipinski definition) is 1. The Balaban J connectivity index is 1.78. The summed E-state index contributed by atoms with van der Waals surface area (Å²) in [7, 11) is 0. The van der Waals surface area contributed by atoms with Gasteiger partial charge in [0, 0.05) is 11.4 Å². The lowest BCUT2D eigenvalue weighted by atomic mass is 10.1. The molecule has 34 heavy (non-hydrogen) atoms. The van der Waals surface area contributed by atoms with E-state index < -0.39 is 0 Å². The molecule has 2 aromatic heterocycles. The van der Waals surface area contributed by atoms with Crippen LogP contribution in [-0.2, 0) is 0 Å². The van der Waals surface area contributed by atoms with E-state index in [1.165, 1.54) is 25.9 Å². The molecule has 7 aromatic rings. The monoisotopic (exact) mass is 455 g/mol. The van der Waals surface area contributed by atoms with E-state index in [-0.39, 0.29) is 0 Å². The van der Waals surface area contributed by atoms with Crippen LogP contribution >= 0.6 is 11.3 Å². The molecule has 0 bridgehead atoms. The Hall–Kier alpha value is -4.28. The lowest BCUT2D eigenvalue weighted by Gasteiger charge is -2.23. The Morgan fingerprint density at radius 3 is 1.79 bits per heavy atom. The maximum Gasteiger partial charge on any atom is 0.0899 e. The molecule has 162 valence electrons. The standard InChI is InChI=1S/C30H21N3S/c1-3-11-21(12-4-1)32-25-16-8-9-17-26(25)33(22-13-5-2-6-14-22)29-27(32)20-19-24-30(29)34-28-18-10-7-15-23(28)31-24/h1-20,31H. The first-order valence-electron chi connectivity index (χ1n) is 11.4. The second-order valence-electron chi connectivity index (χ2n) is 8.36. The van der Waals surface area contributed by atoms with Gasteiger partial charge in [-0.3, -0.25) is 0 Å². The summed E-state index contributed by atoms with van der Waals surface area (Å²) in [5.41, 5.74) is 9.28. The summed E-state index contributed by atoms with van der Waals surface area (Å²) in [4.78, 5) is 3.68. The highest BCUT2D eigenvalue weighted by atomic mass is 32.1. The Morgan fingerprint density at radius 1 is 0.471 bits per heavy atom. The molecule has 0 aliphatic carbocycles. The Kier molecular flexibility index (Phi) is 4.32. The number of rotatable bonds is 2. The van der Waals surface area contributed by atoms with E-state index >= 15 is 0 Å². The summed E-state index contributed by atoms with van der Waals surface area (Å²) >= 11 is 1.84. The second kappa shape index (κ2) is 7.65. The first-order chi connectivity index (χ1) is 16.9. The topological polar surface area (TPSA) is 25.6 Å². The molecule has 1 N–H and O–H groups in total. The van der Waals surface area contributed by atoms with Gasteiger partial charge in [0.1, 0.15) is 0 Å². The van der Waals surface area contributed by atoms with Gasteiger partial charge in [0.25, 0.3) is 0 Å². The van der Waals surface area contributed by atoms with Gasteiger partial charge in [0.15, 0.2) is 0 Å². The van der Waals surface area contributed by atoms with Crippen LogP contribution in [0.1, 0.15) is 0 Å². The molecule has 3 nitrogen and oxygen atoms in total. The van der Waals surface area contributed by atoms with Crippen molar-refractivity contribution < 1.29 is 0 Å². The quantitative estimate of drug-likeness (QED) is 0.200. The van der Waals surface area contributed by atoms with Gasteiger partial charge in [0.2, 0.25) is 0 Å². The van der Waals surface area contributed by atoms with E-state index in [0.29, 0.717) is 0 Å². The number of nitrogens with zero attached hydrogens (tertiary/aromatic N) is 2. The molecule has 0 radical (unpaired) electrons. The summed E-state index contributed by atoms with van der Waals surface area (Å²) in [6, 6.07) is 42.9. The predicted molar refractivity (Wildman–Crippen MR) is 145 cm³/mol. The van der Waals surface area contributed by atoms with Gasteiger partial charge in [-0.05, 0) is 60.7 Å². The molecule has 0 amide bonds. The largest absolute Gasteiger partial charge is 0.353 e. The van der Waals surface area contributed by atoms with Crippen molar-refractivity contribution in [3.8, 4) is 11.4 Å². The van der Waals surface area contributed by atoms with Crippen molar-refractivity contribution in [2.75, 3.05) is 0 Å². The molecule has 0 saturated heterocycles. The molecule has 0 unspecified atom stereocenters. The Bertz CT molecular complexity index is 1850. The molecular formula is C30H21N3S. The number of nitrogens with one attached hydrogen (secondary N) is 1. The fraction of sp³-hybridized carbons (Fsp3) is 0.